The maximum Gasteiger partial charge on any atom is 0.272 e. The van der Waals surface area contributed by atoms with Gasteiger partial charge in [-0.25, -0.2) is 4.39 Å². The molecule has 0 bridgehead atoms. The minimum absolute atomic E-state index is 0.0165. The van der Waals surface area contributed by atoms with Crippen LogP contribution in [0.5, 0.6) is 11.5 Å². The van der Waals surface area contributed by atoms with Crippen LogP contribution >= 0.6 is 27.7 Å². The molecule has 0 fully saturated rings. The largest absolute Gasteiger partial charge is 0.493 e. The van der Waals surface area contributed by atoms with Gasteiger partial charge in [0.05, 0.1) is 19.9 Å². The molecule has 0 aromatic heterocycles. The lowest BCUT2D eigenvalue weighted by atomic mass is 10.1. The number of ether oxygens (including phenoxy) is 2. The van der Waals surface area contributed by atoms with E-state index in [9.17, 15) is 18.8 Å². The highest BCUT2D eigenvalue weighted by Crippen LogP contribution is 2.37. The van der Waals surface area contributed by atoms with Crippen molar-refractivity contribution in [3.05, 3.63) is 154 Å². The summed E-state index contributed by atoms with van der Waals surface area (Å²) in [6.45, 7) is 0. The average Bonchev–Trinajstić information content (AvgIpc) is 3.12. The predicted octanol–water partition coefficient (Wildman–Crippen LogP) is 8.49. The van der Waals surface area contributed by atoms with Crippen LogP contribution in [0.4, 0.5) is 15.8 Å². The summed E-state index contributed by atoms with van der Waals surface area (Å²) in [4.78, 5) is 41.1. The molecule has 0 radical (unpaired) electrons. The normalized spacial score (nSPS) is 11.6. The summed E-state index contributed by atoms with van der Waals surface area (Å²) in [7, 11) is 3.03. The molecule has 0 heterocycles. The van der Waals surface area contributed by atoms with E-state index in [2.05, 4.69) is 31.9 Å². The van der Waals surface area contributed by atoms with Crippen molar-refractivity contribution in [1.29, 1.82) is 0 Å². The SMILES string of the molecule is COc1ccc(/C=C(/NC(=O)c2ccccc2)C(=O)Nc2cccc(SC(C(=O)Nc3ccc(Br)cc3F)c3ccccc3)c2)cc1OC. The summed E-state index contributed by atoms with van der Waals surface area (Å²) in [5.41, 5.74) is 2.13. The van der Waals surface area contributed by atoms with Gasteiger partial charge in [-0.15, -0.1) is 11.8 Å². The quantitative estimate of drug-likeness (QED) is 0.0876. The van der Waals surface area contributed by atoms with Gasteiger partial charge in [0.1, 0.15) is 16.8 Å². The fourth-order valence-electron chi connectivity index (χ4n) is 4.72. The Bertz CT molecular complexity index is 1990. The van der Waals surface area contributed by atoms with Gasteiger partial charge in [0, 0.05) is 20.6 Å². The topological polar surface area (TPSA) is 106 Å². The first-order chi connectivity index (χ1) is 23.7. The number of carbonyl (C=O) groups is 3. The maximum absolute atomic E-state index is 14.6. The summed E-state index contributed by atoms with van der Waals surface area (Å²) in [6, 6.07) is 34.2. The molecule has 0 aliphatic heterocycles. The van der Waals surface area contributed by atoms with Crippen LogP contribution in [0.15, 0.2) is 136 Å². The van der Waals surface area contributed by atoms with Gasteiger partial charge in [0.15, 0.2) is 11.5 Å². The number of benzene rings is 5. The molecule has 8 nitrogen and oxygen atoms in total. The number of halogens is 2. The lowest BCUT2D eigenvalue weighted by molar-refractivity contribution is -0.116. The van der Waals surface area contributed by atoms with Crippen molar-refractivity contribution in [2.75, 3.05) is 24.9 Å². The van der Waals surface area contributed by atoms with Gasteiger partial charge >= 0.3 is 0 Å². The van der Waals surface area contributed by atoms with Crippen molar-refractivity contribution in [1.82, 2.24) is 5.32 Å². The Morgan fingerprint density at radius 3 is 2.18 bits per heavy atom. The average molecular weight is 741 g/mol. The van der Waals surface area contributed by atoms with E-state index < -0.39 is 28.8 Å². The van der Waals surface area contributed by atoms with E-state index in [0.717, 1.165) is 0 Å². The van der Waals surface area contributed by atoms with E-state index >= 15 is 0 Å². The van der Waals surface area contributed by atoms with Crippen LogP contribution in [0, 0.1) is 5.82 Å². The molecule has 5 rings (SSSR count). The number of hydrogen-bond acceptors (Lipinski definition) is 6. The molecule has 0 saturated heterocycles. The molecule has 0 spiro atoms. The van der Waals surface area contributed by atoms with Gasteiger partial charge in [-0.05, 0) is 77.9 Å². The van der Waals surface area contributed by atoms with Gasteiger partial charge in [0.2, 0.25) is 5.91 Å². The molecule has 248 valence electrons. The zero-order valence-corrected chi connectivity index (χ0v) is 28.8. The first kappa shape index (κ1) is 34.9. The monoisotopic (exact) mass is 739 g/mol. The van der Waals surface area contributed by atoms with E-state index in [0.29, 0.717) is 43.2 Å². The predicted molar refractivity (Wildman–Crippen MR) is 194 cm³/mol. The smallest absolute Gasteiger partial charge is 0.272 e. The van der Waals surface area contributed by atoms with Crippen LogP contribution in [-0.4, -0.2) is 31.9 Å². The number of methoxy groups -OCH3 is 2. The molecule has 1 atom stereocenters. The van der Waals surface area contributed by atoms with E-state index in [-0.39, 0.29) is 11.4 Å². The second-order valence-corrected chi connectivity index (χ2v) is 12.6. The van der Waals surface area contributed by atoms with Crippen LogP contribution in [0.2, 0.25) is 0 Å². The number of carbonyl (C=O) groups excluding carboxylic acids is 3. The minimum atomic E-state index is -0.749. The zero-order valence-electron chi connectivity index (χ0n) is 26.4. The van der Waals surface area contributed by atoms with E-state index in [4.69, 9.17) is 9.47 Å². The van der Waals surface area contributed by atoms with Crippen molar-refractivity contribution >= 4 is 62.9 Å². The van der Waals surface area contributed by atoms with E-state index in [1.165, 1.54) is 44.2 Å². The number of anilines is 2. The Kier molecular flexibility index (Phi) is 11.9. The van der Waals surface area contributed by atoms with Crippen LogP contribution in [0.1, 0.15) is 26.7 Å². The molecule has 0 saturated carbocycles. The summed E-state index contributed by atoms with van der Waals surface area (Å²) in [5.74, 6) is -1.07. The van der Waals surface area contributed by atoms with Crippen LogP contribution < -0.4 is 25.4 Å². The summed E-state index contributed by atoms with van der Waals surface area (Å²) in [5, 5.41) is 7.54. The molecular formula is C38H31BrFN3O5S. The number of nitrogens with one attached hydrogen (secondary N) is 3. The van der Waals surface area contributed by atoms with Gasteiger partial charge in [0.25, 0.3) is 11.8 Å². The second-order valence-electron chi connectivity index (χ2n) is 10.5. The molecule has 3 N–H and O–H groups in total. The van der Waals surface area contributed by atoms with Gasteiger partial charge in [-0.2, -0.15) is 0 Å². The Labute approximate surface area is 295 Å². The molecule has 0 aliphatic carbocycles. The van der Waals surface area contributed by atoms with Crippen molar-refractivity contribution < 1.29 is 28.2 Å². The molecular weight excluding hydrogens is 709 g/mol. The fraction of sp³-hybridized carbons (Fsp3) is 0.0789. The van der Waals surface area contributed by atoms with Crippen molar-refractivity contribution in [3.8, 4) is 11.5 Å². The van der Waals surface area contributed by atoms with Crippen molar-refractivity contribution in [2.24, 2.45) is 0 Å². The number of hydrogen-bond donors (Lipinski definition) is 3. The Morgan fingerprint density at radius 1 is 0.776 bits per heavy atom. The second kappa shape index (κ2) is 16.6. The van der Waals surface area contributed by atoms with Gasteiger partial charge < -0.3 is 25.4 Å². The highest BCUT2D eigenvalue weighted by Gasteiger charge is 2.24. The van der Waals surface area contributed by atoms with Gasteiger partial charge in [-0.1, -0.05) is 76.6 Å². The highest BCUT2D eigenvalue weighted by atomic mass is 79.9. The third-order valence-corrected chi connectivity index (χ3v) is 8.86. The van der Waals surface area contributed by atoms with Gasteiger partial charge in [-0.3, -0.25) is 14.4 Å². The van der Waals surface area contributed by atoms with Crippen LogP contribution in [-0.2, 0) is 9.59 Å². The molecule has 49 heavy (non-hydrogen) atoms. The molecule has 5 aromatic rings. The Balaban J connectivity index is 1.40. The van der Waals surface area contributed by atoms with Crippen molar-refractivity contribution in [3.63, 3.8) is 0 Å². The molecule has 1 unspecified atom stereocenters. The first-order valence-corrected chi connectivity index (χ1v) is 16.6. The summed E-state index contributed by atoms with van der Waals surface area (Å²) >= 11 is 4.47. The number of rotatable bonds is 12. The molecule has 5 aromatic carbocycles. The highest BCUT2D eigenvalue weighted by molar-refractivity contribution is 9.10. The van der Waals surface area contributed by atoms with E-state index in [1.54, 1.807) is 78.9 Å². The number of amides is 3. The molecule has 0 aliphatic rings. The van der Waals surface area contributed by atoms with E-state index in [1.807, 2.05) is 30.3 Å². The third-order valence-electron chi connectivity index (χ3n) is 7.12. The Hall–Kier alpha value is -5.39. The summed E-state index contributed by atoms with van der Waals surface area (Å²) in [6.07, 6.45) is 1.54. The lowest BCUT2D eigenvalue weighted by Crippen LogP contribution is -2.30. The Morgan fingerprint density at radius 2 is 1.49 bits per heavy atom. The van der Waals surface area contributed by atoms with Crippen LogP contribution in [0.25, 0.3) is 6.08 Å². The lowest BCUT2D eigenvalue weighted by Gasteiger charge is -2.18. The summed E-state index contributed by atoms with van der Waals surface area (Å²) < 4.78 is 25.9. The maximum atomic E-state index is 14.6. The zero-order chi connectivity index (χ0) is 34.8. The number of thioether (sulfide) groups is 1. The molecule has 3 amide bonds. The molecule has 11 heteroatoms. The third kappa shape index (κ3) is 9.37. The standard InChI is InChI=1S/C38H31BrFN3O5S/c1-47-33-19-16-24(21-34(33)48-2)20-32(43-36(44)26-12-7-4-8-13-26)37(45)41-28-14-9-15-29(23-28)49-35(25-10-5-3-6-11-25)38(46)42-31-18-17-27(39)22-30(31)40/h3-23,35H,1-2H3,(H,41,45)(H,42,46)(H,43,44)/b32-20+. The first-order valence-electron chi connectivity index (χ1n) is 14.9. The van der Waals surface area contributed by atoms with Crippen LogP contribution in [0.3, 0.4) is 0 Å². The van der Waals surface area contributed by atoms with Crippen molar-refractivity contribution in [2.45, 2.75) is 10.1 Å². The minimum Gasteiger partial charge on any atom is -0.493 e. The fourth-order valence-corrected chi connectivity index (χ4v) is 6.14.